The lowest BCUT2D eigenvalue weighted by atomic mass is 9.93. The molecule has 6 heteroatoms. The number of nitrogens with zero attached hydrogens (tertiary/aromatic N) is 1. The molecule has 1 aliphatic rings. The van der Waals surface area contributed by atoms with Gasteiger partial charge in [-0.25, -0.2) is 0 Å². The fraction of sp³-hybridized carbons (Fsp3) is 0.400. The van der Waals surface area contributed by atoms with Gasteiger partial charge in [0.05, 0.1) is 5.92 Å². The van der Waals surface area contributed by atoms with E-state index in [-0.39, 0.29) is 18.5 Å². The highest BCUT2D eigenvalue weighted by Crippen LogP contribution is 2.22. The average molecular weight is 289 g/mol. The molecule has 3 amide bonds. The maximum Gasteiger partial charge on any atom is 0.313 e. The molecule has 0 unspecified atom stereocenters. The van der Waals surface area contributed by atoms with Crippen LogP contribution in [0.2, 0.25) is 0 Å². The Morgan fingerprint density at radius 2 is 1.86 bits per heavy atom. The van der Waals surface area contributed by atoms with E-state index in [0.717, 1.165) is 0 Å². The van der Waals surface area contributed by atoms with Gasteiger partial charge in [0, 0.05) is 18.3 Å². The fourth-order valence-corrected chi connectivity index (χ4v) is 2.46. The van der Waals surface area contributed by atoms with Crippen molar-refractivity contribution in [3.8, 4) is 0 Å². The molecule has 0 saturated carbocycles. The van der Waals surface area contributed by atoms with E-state index < -0.39 is 17.7 Å². The van der Waals surface area contributed by atoms with Gasteiger partial charge in [-0.2, -0.15) is 0 Å². The van der Waals surface area contributed by atoms with Gasteiger partial charge in [0.2, 0.25) is 5.91 Å². The topological polar surface area (TPSA) is 92.5 Å². The van der Waals surface area contributed by atoms with Crippen LogP contribution in [-0.4, -0.2) is 35.2 Å². The van der Waals surface area contributed by atoms with E-state index in [9.17, 15) is 14.4 Å². The first-order valence-electron chi connectivity index (χ1n) is 6.95. The first-order chi connectivity index (χ1) is 9.99. The summed E-state index contributed by atoms with van der Waals surface area (Å²) in [7, 11) is 0. The summed E-state index contributed by atoms with van der Waals surface area (Å²) in [6.45, 7) is 2.07. The summed E-state index contributed by atoms with van der Waals surface area (Å²) in [4.78, 5) is 37.0. The number of benzene rings is 1. The Kier molecular flexibility index (Phi) is 4.57. The van der Waals surface area contributed by atoms with E-state index in [1.54, 1.807) is 24.3 Å². The molecule has 1 saturated heterocycles. The lowest BCUT2D eigenvalue weighted by Gasteiger charge is -2.36. The number of carbonyl (C=O) groups excluding carboxylic acids is 3. The van der Waals surface area contributed by atoms with Gasteiger partial charge in [-0.1, -0.05) is 18.2 Å². The Balaban J connectivity index is 2.03. The minimum absolute atomic E-state index is 0.0744. The average Bonchev–Trinajstić information content (AvgIpc) is 2.47. The Hall–Kier alpha value is -2.37. The van der Waals surface area contributed by atoms with Crippen molar-refractivity contribution in [2.45, 2.75) is 25.8 Å². The number of primary amides is 1. The lowest BCUT2D eigenvalue weighted by molar-refractivity contribution is -0.147. The predicted octanol–water partition coefficient (Wildman–Crippen LogP) is 0.737. The third-order valence-electron chi connectivity index (χ3n) is 3.77. The number of hydrogen-bond donors (Lipinski definition) is 2. The quantitative estimate of drug-likeness (QED) is 0.786. The van der Waals surface area contributed by atoms with Gasteiger partial charge in [0.1, 0.15) is 0 Å². The zero-order valence-electron chi connectivity index (χ0n) is 11.9. The molecule has 6 nitrogen and oxygen atoms in total. The third kappa shape index (κ3) is 3.59. The summed E-state index contributed by atoms with van der Waals surface area (Å²) in [6, 6.07) is 8.70. The van der Waals surface area contributed by atoms with Gasteiger partial charge in [0.15, 0.2) is 0 Å². The van der Waals surface area contributed by atoms with Crippen LogP contribution in [0.15, 0.2) is 30.3 Å². The fourth-order valence-electron chi connectivity index (χ4n) is 2.46. The normalized spacial score (nSPS) is 21.7. The van der Waals surface area contributed by atoms with Crippen molar-refractivity contribution in [2.75, 3.05) is 11.9 Å². The van der Waals surface area contributed by atoms with Crippen LogP contribution in [0.5, 0.6) is 0 Å². The lowest BCUT2D eigenvalue weighted by Crippen LogP contribution is -2.51. The minimum atomic E-state index is -0.696. The van der Waals surface area contributed by atoms with Gasteiger partial charge in [0.25, 0.3) is 0 Å². The van der Waals surface area contributed by atoms with Crippen LogP contribution in [0.25, 0.3) is 0 Å². The molecule has 0 spiro atoms. The number of nitrogens with one attached hydrogen (secondary N) is 1. The van der Waals surface area contributed by atoms with Crippen molar-refractivity contribution in [1.29, 1.82) is 0 Å². The van der Waals surface area contributed by atoms with Crippen LogP contribution in [0.4, 0.5) is 5.69 Å². The molecule has 1 aromatic carbocycles. The Labute approximate surface area is 123 Å². The van der Waals surface area contributed by atoms with Crippen molar-refractivity contribution in [3.05, 3.63) is 30.3 Å². The number of likely N-dealkylation sites (tertiary alicyclic amines) is 1. The van der Waals surface area contributed by atoms with Crippen LogP contribution < -0.4 is 11.1 Å². The molecule has 0 bridgehead atoms. The summed E-state index contributed by atoms with van der Waals surface area (Å²) >= 11 is 0. The van der Waals surface area contributed by atoms with Gasteiger partial charge < -0.3 is 16.0 Å². The van der Waals surface area contributed by atoms with E-state index in [1.165, 1.54) is 4.90 Å². The molecular weight excluding hydrogens is 270 g/mol. The van der Waals surface area contributed by atoms with E-state index in [1.807, 2.05) is 13.0 Å². The number of anilines is 1. The van der Waals surface area contributed by atoms with Crippen molar-refractivity contribution in [3.63, 3.8) is 0 Å². The number of hydrogen-bond acceptors (Lipinski definition) is 3. The zero-order chi connectivity index (χ0) is 15.4. The molecule has 0 aromatic heterocycles. The molecular formula is C15H19N3O3. The molecule has 21 heavy (non-hydrogen) atoms. The second kappa shape index (κ2) is 6.39. The first-order valence-corrected chi connectivity index (χ1v) is 6.95. The number of amides is 3. The van der Waals surface area contributed by atoms with Gasteiger partial charge in [-0.15, -0.1) is 0 Å². The predicted molar refractivity (Wildman–Crippen MR) is 78.2 cm³/mol. The van der Waals surface area contributed by atoms with Crippen LogP contribution >= 0.6 is 0 Å². The number of para-hydroxylation sites is 1. The number of rotatable bonds is 2. The molecule has 112 valence electrons. The molecule has 1 heterocycles. The summed E-state index contributed by atoms with van der Waals surface area (Å²) < 4.78 is 0. The van der Waals surface area contributed by atoms with Gasteiger partial charge in [-0.05, 0) is 31.9 Å². The number of carbonyl (C=O) groups is 3. The second-order valence-corrected chi connectivity index (χ2v) is 5.30. The zero-order valence-corrected chi connectivity index (χ0v) is 11.9. The van der Waals surface area contributed by atoms with Gasteiger partial charge in [-0.3, -0.25) is 14.4 Å². The first kappa shape index (κ1) is 15.0. The monoisotopic (exact) mass is 289 g/mol. The molecule has 2 atom stereocenters. The van der Waals surface area contributed by atoms with E-state index in [4.69, 9.17) is 5.73 Å². The van der Waals surface area contributed by atoms with Crippen LogP contribution in [0.3, 0.4) is 0 Å². The standard InChI is InChI=1S/C15H19N3O3/c1-10-7-8-11(13(16)19)9-18(10)15(21)14(20)17-12-5-3-2-4-6-12/h2-6,10-11H,7-9H2,1H3,(H2,16,19)(H,17,20)/t10-,11+/m0/s1. The molecule has 1 aromatic rings. The van der Waals surface area contributed by atoms with E-state index >= 15 is 0 Å². The summed E-state index contributed by atoms with van der Waals surface area (Å²) in [5.41, 5.74) is 5.86. The van der Waals surface area contributed by atoms with E-state index in [2.05, 4.69) is 5.32 Å². The maximum absolute atomic E-state index is 12.2. The second-order valence-electron chi connectivity index (χ2n) is 5.30. The Morgan fingerprint density at radius 3 is 2.48 bits per heavy atom. The maximum atomic E-state index is 12.2. The third-order valence-corrected chi connectivity index (χ3v) is 3.77. The summed E-state index contributed by atoms with van der Waals surface area (Å²) in [6.07, 6.45) is 1.32. The minimum Gasteiger partial charge on any atom is -0.369 e. The Morgan fingerprint density at radius 1 is 1.19 bits per heavy atom. The van der Waals surface area contributed by atoms with Crippen molar-refractivity contribution in [1.82, 2.24) is 4.90 Å². The SMILES string of the molecule is C[C@H]1CC[C@@H](C(N)=O)CN1C(=O)C(=O)Nc1ccccc1. The molecule has 0 radical (unpaired) electrons. The Bertz CT molecular complexity index is 544. The highest BCUT2D eigenvalue weighted by molar-refractivity contribution is 6.39. The molecule has 0 aliphatic carbocycles. The smallest absolute Gasteiger partial charge is 0.313 e. The van der Waals surface area contributed by atoms with Crippen molar-refractivity contribution >= 4 is 23.4 Å². The van der Waals surface area contributed by atoms with Crippen LogP contribution in [0.1, 0.15) is 19.8 Å². The molecule has 1 fully saturated rings. The summed E-state index contributed by atoms with van der Waals surface area (Å²) in [5.74, 6) is -2.13. The molecule has 2 rings (SSSR count). The highest BCUT2D eigenvalue weighted by Gasteiger charge is 2.34. The van der Waals surface area contributed by atoms with Gasteiger partial charge >= 0.3 is 11.8 Å². The van der Waals surface area contributed by atoms with Crippen molar-refractivity contribution in [2.24, 2.45) is 11.7 Å². The number of nitrogens with two attached hydrogens (primary N) is 1. The van der Waals surface area contributed by atoms with Crippen LogP contribution in [-0.2, 0) is 14.4 Å². The summed E-state index contributed by atoms with van der Waals surface area (Å²) in [5, 5.41) is 2.56. The number of piperidine rings is 1. The largest absolute Gasteiger partial charge is 0.369 e. The molecule has 1 aliphatic heterocycles. The van der Waals surface area contributed by atoms with E-state index in [0.29, 0.717) is 18.5 Å². The molecule has 3 N–H and O–H groups in total. The van der Waals surface area contributed by atoms with Crippen LogP contribution in [0, 0.1) is 5.92 Å². The van der Waals surface area contributed by atoms with Crippen molar-refractivity contribution < 1.29 is 14.4 Å². The highest BCUT2D eigenvalue weighted by atomic mass is 16.2.